The number of rotatable bonds is 3. The Morgan fingerprint density at radius 1 is 0.935 bits per heavy atom. The Hall–Kier alpha value is -2.15. The molecule has 1 fully saturated rings. The Morgan fingerprint density at radius 2 is 1.68 bits per heavy atom. The molecule has 0 amide bonds. The fourth-order valence-electron chi connectivity index (χ4n) is 4.87. The summed E-state index contributed by atoms with van der Waals surface area (Å²) in [6.45, 7) is 4.51. The molecule has 0 bridgehead atoms. The maximum atomic E-state index is 13.7. The summed E-state index contributed by atoms with van der Waals surface area (Å²) in [5.74, 6) is 0. The molecule has 3 aromatic carbocycles. The quantitative estimate of drug-likeness (QED) is 0.474. The average Bonchev–Trinajstić information content (AvgIpc) is 3.15. The zero-order chi connectivity index (χ0) is 21.8. The third-order valence-electron chi connectivity index (χ3n) is 6.39. The molecule has 0 saturated carbocycles. The minimum atomic E-state index is -3.61. The van der Waals surface area contributed by atoms with Gasteiger partial charge in [0.25, 0.3) is 0 Å². The Kier molecular flexibility index (Phi) is 5.19. The van der Waals surface area contributed by atoms with Crippen molar-refractivity contribution in [1.29, 1.82) is 0 Å². The van der Waals surface area contributed by atoms with E-state index in [9.17, 15) is 8.42 Å². The second-order valence-corrected chi connectivity index (χ2v) is 11.3. The van der Waals surface area contributed by atoms with Crippen molar-refractivity contribution in [3.63, 3.8) is 0 Å². The molecule has 0 aliphatic carbocycles. The van der Waals surface area contributed by atoms with E-state index < -0.39 is 10.0 Å². The van der Waals surface area contributed by atoms with Crippen molar-refractivity contribution in [1.82, 2.24) is 4.31 Å². The first kappa shape index (κ1) is 20.7. The maximum Gasteiger partial charge on any atom is 0.244 e. The van der Waals surface area contributed by atoms with Crippen LogP contribution in [0.3, 0.4) is 0 Å². The van der Waals surface area contributed by atoms with Crippen LogP contribution in [0.5, 0.6) is 0 Å². The molecule has 0 aromatic heterocycles. The summed E-state index contributed by atoms with van der Waals surface area (Å²) in [6, 6.07) is 21.9. The van der Waals surface area contributed by atoms with E-state index in [0.717, 1.165) is 34.1 Å². The van der Waals surface area contributed by atoms with E-state index in [2.05, 4.69) is 58.1 Å². The fraction of sp³-hybridized carbons (Fsp3) is 0.280. The van der Waals surface area contributed by atoms with Crippen LogP contribution in [0.2, 0.25) is 0 Å². The lowest BCUT2D eigenvalue weighted by Gasteiger charge is -2.39. The highest BCUT2D eigenvalue weighted by Gasteiger charge is 2.48. The molecular formula is C25H25BrN2O2S. The SMILES string of the molecule is Cc1ccc(S(=O)(=O)N2C[C@H](c3cccc(Br)c3)N3c4ccc(C)cc4CC[C@H]32)cc1. The van der Waals surface area contributed by atoms with Crippen LogP contribution in [0.15, 0.2) is 76.1 Å². The summed E-state index contributed by atoms with van der Waals surface area (Å²) in [7, 11) is -3.61. The topological polar surface area (TPSA) is 40.6 Å². The average molecular weight is 497 g/mol. The predicted octanol–water partition coefficient (Wildman–Crippen LogP) is 5.59. The van der Waals surface area contributed by atoms with Crippen LogP contribution in [-0.4, -0.2) is 25.4 Å². The van der Waals surface area contributed by atoms with Crippen molar-refractivity contribution in [2.45, 2.75) is 43.8 Å². The van der Waals surface area contributed by atoms with Gasteiger partial charge in [-0.2, -0.15) is 4.31 Å². The van der Waals surface area contributed by atoms with Gasteiger partial charge in [0.1, 0.15) is 0 Å². The monoisotopic (exact) mass is 496 g/mol. The minimum Gasteiger partial charge on any atom is -0.346 e. The number of halogens is 1. The van der Waals surface area contributed by atoms with Gasteiger partial charge in [-0.3, -0.25) is 0 Å². The van der Waals surface area contributed by atoms with Crippen molar-refractivity contribution >= 4 is 31.6 Å². The van der Waals surface area contributed by atoms with Crippen molar-refractivity contribution in [3.8, 4) is 0 Å². The molecule has 6 heteroatoms. The van der Waals surface area contributed by atoms with E-state index in [-0.39, 0.29) is 12.2 Å². The third-order valence-corrected chi connectivity index (χ3v) is 8.76. The lowest BCUT2D eigenvalue weighted by molar-refractivity contribution is 0.364. The minimum absolute atomic E-state index is 0.0375. The number of anilines is 1. The molecule has 160 valence electrons. The van der Waals surface area contributed by atoms with Crippen molar-refractivity contribution in [3.05, 3.63) is 93.5 Å². The summed E-state index contributed by atoms with van der Waals surface area (Å²) < 4.78 is 30.1. The molecule has 1 saturated heterocycles. The molecule has 3 aromatic rings. The number of aryl methyl sites for hydroxylation is 3. The van der Waals surface area contributed by atoms with Crippen molar-refractivity contribution < 1.29 is 8.42 Å². The molecule has 0 spiro atoms. The number of hydrogen-bond donors (Lipinski definition) is 0. The van der Waals surface area contributed by atoms with Gasteiger partial charge in [0.15, 0.2) is 0 Å². The first-order chi connectivity index (χ1) is 14.8. The maximum absolute atomic E-state index is 13.7. The summed E-state index contributed by atoms with van der Waals surface area (Å²) in [4.78, 5) is 2.69. The van der Waals surface area contributed by atoms with E-state index in [0.29, 0.717) is 11.4 Å². The lowest BCUT2D eigenvalue weighted by atomic mass is 9.96. The number of fused-ring (bicyclic) bond motifs is 3. The number of hydrogen-bond acceptors (Lipinski definition) is 3. The molecular weight excluding hydrogens is 472 g/mol. The van der Waals surface area contributed by atoms with Gasteiger partial charge in [-0.15, -0.1) is 0 Å². The molecule has 2 atom stereocenters. The fourth-order valence-corrected chi connectivity index (χ4v) is 6.91. The largest absolute Gasteiger partial charge is 0.346 e. The normalized spacial score (nSPS) is 21.1. The Bertz CT molecular complexity index is 1240. The van der Waals surface area contributed by atoms with Gasteiger partial charge in [-0.25, -0.2) is 8.42 Å². The predicted molar refractivity (Wildman–Crippen MR) is 128 cm³/mol. The van der Waals surface area contributed by atoms with E-state index in [1.54, 1.807) is 16.4 Å². The molecule has 0 radical (unpaired) electrons. The molecule has 2 aliphatic heterocycles. The highest BCUT2D eigenvalue weighted by molar-refractivity contribution is 9.10. The van der Waals surface area contributed by atoms with Gasteiger partial charge < -0.3 is 4.90 Å². The van der Waals surface area contributed by atoms with Crippen LogP contribution in [0.4, 0.5) is 5.69 Å². The highest BCUT2D eigenvalue weighted by atomic mass is 79.9. The van der Waals surface area contributed by atoms with Crippen LogP contribution in [0, 0.1) is 13.8 Å². The van der Waals surface area contributed by atoms with Gasteiger partial charge >= 0.3 is 0 Å². The zero-order valence-corrected chi connectivity index (χ0v) is 20.0. The number of benzene rings is 3. The highest BCUT2D eigenvalue weighted by Crippen LogP contribution is 2.45. The van der Waals surface area contributed by atoms with Gasteiger partial charge in [0.05, 0.1) is 17.1 Å². The van der Waals surface area contributed by atoms with Crippen molar-refractivity contribution in [2.75, 3.05) is 11.4 Å². The summed E-state index contributed by atoms with van der Waals surface area (Å²) in [5, 5.41) is 0. The van der Waals surface area contributed by atoms with Crippen LogP contribution >= 0.6 is 15.9 Å². The van der Waals surface area contributed by atoms with E-state index in [1.807, 2.05) is 31.2 Å². The summed E-state index contributed by atoms with van der Waals surface area (Å²) in [5.41, 5.74) is 5.85. The molecule has 2 heterocycles. The van der Waals surface area contributed by atoms with Gasteiger partial charge in [0.2, 0.25) is 10.0 Å². The number of sulfonamides is 1. The van der Waals surface area contributed by atoms with E-state index in [1.165, 1.54) is 11.1 Å². The molecule has 5 rings (SSSR count). The third kappa shape index (κ3) is 3.60. The Labute approximate surface area is 192 Å². The van der Waals surface area contributed by atoms with Crippen molar-refractivity contribution in [2.24, 2.45) is 0 Å². The lowest BCUT2D eigenvalue weighted by Crippen LogP contribution is -2.44. The van der Waals surface area contributed by atoms with E-state index in [4.69, 9.17) is 0 Å². The first-order valence-corrected chi connectivity index (χ1v) is 12.8. The zero-order valence-electron chi connectivity index (χ0n) is 17.6. The molecule has 0 N–H and O–H groups in total. The summed E-state index contributed by atoms with van der Waals surface area (Å²) >= 11 is 3.59. The van der Waals surface area contributed by atoms with E-state index >= 15 is 0 Å². The Balaban J connectivity index is 1.63. The molecule has 0 unspecified atom stereocenters. The summed E-state index contributed by atoms with van der Waals surface area (Å²) in [6.07, 6.45) is 1.47. The van der Waals surface area contributed by atoms with Crippen LogP contribution in [-0.2, 0) is 16.4 Å². The van der Waals surface area contributed by atoms with Crippen LogP contribution < -0.4 is 4.90 Å². The molecule has 31 heavy (non-hydrogen) atoms. The standard InChI is InChI=1S/C25H25BrN2O2S/c1-17-6-10-22(11-7-17)31(29,30)27-16-24(19-4-3-5-21(26)15-19)28-23-12-8-18(2)14-20(23)9-13-25(27)28/h3-8,10-12,14-15,24-25H,9,13,16H2,1-2H3/t24-,25+/m1/s1. The smallest absolute Gasteiger partial charge is 0.244 e. The molecule has 4 nitrogen and oxygen atoms in total. The molecule has 2 aliphatic rings. The van der Waals surface area contributed by atoms with Gasteiger partial charge in [-0.1, -0.05) is 63.5 Å². The van der Waals surface area contributed by atoms with Crippen LogP contribution in [0.25, 0.3) is 0 Å². The number of nitrogens with zero attached hydrogens (tertiary/aromatic N) is 2. The van der Waals surface area contributed by atoms with Gasteiger partial charge in [-0.05, 0) is 68.1 Å². The second-order valence-electron chi connectivity index (χ2n) is 8.52. The van der Waals surface area contributed by atoms with Gasteiger partial charge in [0, 0.05) is 16.7 Å². The van der Waals surface area contributed by atoms with Crippen LogP contribution in [0.1, 0.15) is 34.7 Å². The second kappa shape index (κ2) is 7.76. The first-order valence-electron chi connectivity index (χ1n) is 10.6. The Morgan fingerprint density at radius 3 is 2.42 bits per heavy atom.